The third-order valence-corrected chi connectivity index (χ3v) is 5.32. The van der Waals surface area contributed by atoms with Gasteiger partial charge in [0.15, 0.2) is 0 Å². The molecular formula is C18H18N2O3S. The molecule has 0 bridgehead atoms. The number of H-pyrrole nitrogens is 1. The van der Waals surface area contributed by atoms with Crippen molar-refractivity contribution in [2.45, 2.75) is 25.3 Å². The molecule has 0 atom stereocenters. The van der Waals surface area contributed by atoms with E-state index in [1.807, 2.05) is 38.1 Å². The van der Waals surface area contributed by atoms with E-state index in [1.165, 1.54) is 6.07 Å². The Hall–Kier alpha value is -2.44. The van der Waals surface area contributed by atoms with Gasteiger partial charge in [-0.2, -0.15) is 0 Å². The molecule has 0 aliphatic heterocycles. The Balaban J connectivity index is 1.91. The lowest BCUT2D eigenvalue weighted by molar-refractivity contribution is 0.581. The Bertz CT molecular complexity index is 1070. The van der Waals surface area contributed by atoms with Gasteiger partial charge in [-0.05, 0) is 48.6 Å². The van der Waals surface area contributed by atoms with E-state index < -0.39 is 10.0 Å². The summed E-state index contributed by atoms with van der Waals surface area (Å²) in [5.41, 5.74) is 2.69. The first kappa shape index (κ1) is 16.4. The average molecular weight is 342 g/mol. The first-order chi connectivity index (χ1) is 11.4. The van der Waals surface area contributed by atoms with E-state index in [1.54, 1.807) is 18.2 Å². The maximum Gasteiger partial charge on any atom is 0.252 e. The first-order valence-corrected chi connectivity index (χ1v) is 9.03. The number of benzene rings is 2. The number of hydrogen-bond donors (Lipinski definition) is 2. The molecule has 24 heavy (non-hydrogen) atoms. The summed E-state index contributed by atoms with van der Waals surface area (Å²) in [4.78, 5) is 15.2. The number of rotatable bonds is 4. The molecule has 0 aliphatic carbocycles. The van der Waals surface area contributed by atoms with E-state index >= 15 is 0 Å². The summed E-state index contributed by atoms with van der Waals surface area (Å²) in [6, 6.07) is 14.1. The van der Waals surface area contributed by atoms with Crippen LogP contribution in [0.2, 0.25) is 0 Å². The standard InChI is InChI=1S/C18H18N2O3S/c1-12-5-3-8-16(9-12)24(22,23)19-11-15-10-14-7-4-6-13(2)17(14)20-18(15)21/h3-10,19H,11H2,1-2H3,(H,20,21). The quantitative estimate of drug-likeness (QED) is 0.765. The summed E-state index contributed by atoms with van der Waals surface area (Å²) < 4.78 is 27.2. The van der Waals surface area contributed by atoms with Gasteiger partial charge in [-0.1, -0.05) is 30.3 Å². The van der Waals surface area contributed by atoms with Gasteiger partial charge in [-0.3, -0.25) is 4.79 Å². The van der Waals surface area contributed by atoms with E-state index in [-0.39, 0.29) is 17.0 Å². The van der Waals surface area contributed by atoms with Crippen molar-refractivity contribution in [1.82, 2.24) is 9.71 Å². The molecule has 0 saturated carbocycles. The minimum atomic E-state index is -3.66. The molecule has 2 N–H and O–H groups in total. The van der Waals surface area contributed by atoms with Crippen LogP contribution < -0.4 is 10.3 Å². The summed E-state index contributed by atoms with van der Waals surface area (Å²) in [6.07, 6.45) is 0. The van der Waals surface area contributed by atoms with Crippen LogP contribution in [-0.4, -0.2) is 13.4 Å². The lowest BCUT2D eigenvalue weighted by Gasteiger charge is -2.08. The number of aryl methyl sites for hydroxylation is 2. The molecule has 5 nitrogen and oxygen atoms in total. The Labute approximate surface area is 140 Å². The zero-order chi connectivity index (χ0) is 17.3. The molecule has 1 aromatic heterocycles. The van der Waals surface area contributed by atoms with Crippen LogP contribution in [0.25, 0.3) is 10.9 Å². The number of nitrogens with one attached hydrogen (secondary N) is 2. The maximum absolute atomic E-state index is 12.4. The lowest BCUT2D eigenvalue weighted by atomic mass is 10.1. The fourth-order valence-electron chi connectivity index (χ4n) is 2.60. The van der Waals surface area contributed by atoms with Crippen molar-refractivity contribution < 1.29 is 8.42 Å². The molecule has 0 aliphatic rings. The molecule has 0 amide bonds. The van der Waals surface area contributed by atoms with Crippen molar-refractivity contribution in [3.8, 4) is 0 Å². The Morgan fingerprint density at radius 3 is 2.54 bits per heavy atom. The zero-order valence-corrected chi connectivity index (χ0v) is 14.3. The second kappa shape index (κ2) is 6.22. The molecule has 124 valence electrons. The predicted octanol–water partition coefficient (Wildman–Crippen LogP) is 2.62. The SMILES string of the molecule is Cc1cccc(S(=O)(=O)NCc2cc3cccc(C)c3[nH]c2=O)c1. The van der Waals surface area contributed by atoms with Crippen LogP contribution in [0.15, 0.2) is 58.2 Å². The minimum Gasteiger partial charge on any atom is -0.321 e. The van der Waals surface area contributed by atoms with Gasteiger partial charge in [0.05, 0.1) is 10.4 Å². The highest BCUT2D eigenvalue weighted by molar-refractivity contribution is 7.89. The van der Waals surface area contributed by atoms with Crippen molar-refractivity contribution in [2.75, 3.05) is 0 Å². The van der Waals surface area contributed by atoms with Crippen molar-refractivity contribution in [2.24, 2.45) is 0 Å². The summed E-state index contributed by atoms with van der Waals surface area (Å²) in [5, 5.41) is 0.874. The van der Waals surface area contributed by atoms with Crippen molar-refractivity contribution in [3.63, 3.8) is 0 Å². The first-order valence-electron chi connectivity index (χ1n) is 7.55. The van der Waals surface area contributed by atoms with Crippen molar-refractivity contribution in [1.29, 1.82) is 0 Å². The zero-order valence-electron chi connectivity index (χ0n) is 13.5. The van der Waals surface area contributed by atoms with Gasteiger partial charge in [0, 0.05) is 12.1 Å². The van der Waals surface area contributed by atoms with Gasteiger partial charge in [-0.15, -0.1) is 0 Å². The smallest absolute Gasteiger partial charge is 0.252 e. The van der Waals surface area contributed by atoms with Crippen LogP contribution >= 0.6 is 0 Å². The van der Waals surface area contributed by atoms with Crippen LogP contribution in [0.1, 0.15) is 16.7 Å². The molecular weight excluding hydrogens is 324 g/mol. The molecule has 0 saturated heterocycles. The van der Waals surface area contributed by atoms with Gasteiger partial charge in [0.1, 0.15) is 0 Å². The number of fused-ring (bicyclic) bond motifs is 1. The molecule has 1 heterocycles. The Kier molecular flexibility index (Phi) is 4.26. The van der Waals surface area contributed by atoms with Crippen molar-refractivity contribution >= 4 is 20.9 Å². The van der Waals surface area contributed by atoms with Gasteiger partial charge in [0.25, 0.3) is 5.56 Å². The molecule has 6 heteroatoms. The summed E-state index contributed by atoms with van der Waals surface area (Å²) >= 11 is 0. The number of aromatic nitrogens is 1. The normalized spacial score (nSPS) is 11.8. The fraction of sp³-hybridized carbons (Fsp3) is 0.167. The summed E-state index contributed by atoms with van der Waals surface area (Å²) in [6.45, 7) is 3.68. The predicted molar refractivity (Wildman–Crippen MR) is 94.5 cm³/mol. The van der Waals surface area contributed by atoms with E-state index in [4.69, 9.17) is 0 Å². The number of hydrogen-bond acceptors (Lipinski definition) is 3. The van der Waals surface area contributed by atoms with Gasteiger partial charge in [0.2, 0.25) is 10.0 Å². The molecule has 2 aromatic carbocycles. The van der Waals surface area contributed by atoms with Crippen molar-refractivity contribution in [3.05, 3.63) is 75.6 Å². The number of aromatic amines is 1. The lowest BCUT2D eigenvalue weighted by Crippen LogP contribution is -2.27. The van der Waals surface area contributed by atoms with Crippen LogP contribution in [-0.2, 0) is 16.6 Å². The average Bonchev–Trinajstić information content (AvgIpc) is 2.54. The van der Waals surface area contributed by atoms with Gasteiger partial charge < -0.3 is 4.98 Å². The minimum absolute atomic E-state index is 0.0600. The highest BCUT2D eigenvalue weighted by atomic mass is 32.2. The summed E-state index contributed by atoms with van der Waals surface area (Å²) in [5.74, 6) is 0. The molecule has 0 spiro atoms. The van der Waals surface area contributed by atoms with Gasteiger partial charge in [-0.25, -0.2) is 13.1 Å². The summed E-state index contributed by atoms with van der Waals surface area (Å²) in [7, 11) is -3.66. The Morgan fingerprint density at radius 1 is 1.04 bits per heavy atom. The molecule has 0 radical (unpaired) electrons. The topological polar surface area (TPSA) is 79.0 Å². The van der Waals surface area contributed by atoms with Crippen LogP contribution in [0, 0.1) is 13.8 Å². The van der Waals surface area contributed by atoms with Crippen LogP contribution in [0.5, 0.6) is 0 Å². The van der Waals surface area contributed by atoms with Crippen LogP contribution in [0.4, 0.5) is 0 Å². The number of sulfonamides is 1. The second-order valence-corrected chi connectivity index (χ2v) is 7.57. The third-order valence-electron chi connectivity index (χ3n) is 3.92. The number of pyridine rings is 1. The molecule has 3 rings (SSSR count). The third kappa shape index (κ3) is 3.25. The second-order valence-electron chi connectivity index (χ2n) is 5.80. The van der Waals surface area contributed by atoms with E-state index in [0.717, 1.165) is 22.0 Å². The Morgan fingerprint density at radius 2 is 1.79 bits per heavy atom. The highest BCUT2D eigenvalue weighted by Crippen LogP contribution is 2.16. The maximum atomic E-state index is 12.4. The monoisotopic (exact) mass is 342 g/mol. The number of para-hydroxylation sites is 1. The molecule has 0 unspecified atom stereocenters. The van der Waals surface area contributed by atoms with Gasteiger partial charge >= 0.3 is 0 Å². The van der Waals surface area contributed by atoms with E-state index in [0.29, 0.717) is 5.56 Å². The van der Waals surface area contributed by atoms with E-state index in [9.17, 15) is 13.2 Å². The molecule has 0 fully saturated rings. The van der Waals surface area contributed by atoms with E-state index in [2.05, 4.69) is 9.71 Å². The largest absolute Gasteiger partial charge is 0.321 e. The fourth-order valence-corrected chi connectivity index (χ4v) is 3.71. The van der Waals surface area contributed by atoms with Crippen LogP contribution in [0.3, 0.4) is 0 Å². The molecule has 3 aromatic rings. The highest BCUT2D eigenvalue weighted by Gasteiger charge is 2.15.